The minimum absolute atomic E-state index is 0.139. The highest BCUT2D eigenvalue weighted by atomic mass is 16.1. The van der Waals surface area contributed by atoms with E-state index in [1.165, 1.54) is 6.08 Å². The Morgan fingerprint density at radius 3 is 2.00 bits per heavy atom. The summed E-state index contributed by atoms with van der Waals surface area (Å²) < 4.78 is 0. The van der Waals surface area contributed by atoms with Crippen molar-refractivity contribution < 1.29 is 4.79 Å². The maximum Gasteiger partial charge on any atom is 0.181 e. The quantitative estimate of drug-likeness (QED) is 0.535. The van der Waals surface area contributed by atoms with Crippen LogP contribution >= 0.6 is 0 Å². The molecule has 0 aliphatic heterocycles. The van der Waals surface area contributed by atoms with Crippen LogP contribution in [-0.4, -0.2) is 5.78 Å². The maximum absolute atomic E-state index is 10.4. The Hall–Kier alpha value is -0.890. The number of nitrogens with two attached hydrogens (primary N) is 1. The minimum atomic E-state index is -0.278. The van der Waals surface area contributed by atoms with Crippen molar-refractivity contribution in [2.45, 2.75) is 0 Å². The molecule has 0 atom stereocenters. The first-order valence-electron chi connectivity index (χ1n) is 2.14. The Balaban J connectivity index is 3.80. The first-order valence-corrected chi connectivity index (χ1v) is 2.14. The summed E-state index contributed by atoms with van der Waals surface area (Å²) >= 11 is 0. The maximum atomic E-state index is 10.4. The molecule has 0 aromatic heterocycles. The average Bonchev–Trinajstić information content (AvgIpc) is 1.84. The Labute approximate surface area is 48.7 Å². The van der Waals surface area contributed by atoms with E-state index in [2.05, 4.69) is 13.2 Å². The van der Waals surface area contributed by atoms with E-state index in [4.69, 9.17) is 5.73 Å². The Morgan fingerprint density at radius 2 is 1.88 bits per heavy atom. The van der Waals surface area contributed by atoms with Gasteiger partial charge in [0.25, 0.3) is 0 Å². The van der Waals surface area contributed by atoms with Gasteiger partial charge < -0.3 is 5.73 Å². The second-order valence-electron chi connectivity index (χ2n) is 1.23. The predicted octanol–water partition coefficient (Wildman–Crippen LogP) is 0.418. The van der Waals surface area contributed by atoms with Crippen LogP contribution in [0.1, 0.15) is 0 Å². The molecular weight excluding hydrogens is 102 g/mol. The molecule has 1 radical (unpaired) electrons. The summed E-state index contributed by atoms with van der Waals surface area (Å²) in [5.74, 6) is -0.278. The highest BCUT2D eigenvalue weighted by Gasteiger charge is 2.03. The third-order valence-corrected chi connectivity index (χ3v) is 0.690. The van der Waals surface area contributed by atoms with Gasteiger partial charge in [-0.25, -0.2) is 0 Å². The fourth-order valence-corrected chi connectivity index (χ4v) is 0.218. The third kappa shape index (κ3) is 1.71. The van der Waals surface area contributed by atoms with Gasteiger partial charge in [0, 0.05) is 0 Å². The van der Waals surface area contributed by atoms with Crippen molar-refractivity contribution in [3.05, 3.63) is 31.4 Å². The van der Waals surface area contributed by atoms with Gasteiger partial charge in [-0.1, -0.05) is 12.7 Å². The molecule has 0 aromatic rings. The fraction of sp³-hybridized carbons (Fsp3) is 0. The second kappa shape index (κ2) is 3.16. The molecular formula is C6H8NO. The minimum Gasteiger partial charge on any atom is -0.313 e. The molecule has 2 nitrogen and oxygen atoms in total. The van der Waals surface area contributed by atoms with E-state index >= 15 is 0 Å². The summed E-state index contributed by atoms with van der Waals surface area (Å²) in [6, 6.07) is 0.139. The van der Waals surface area contributed by atoms with Gasteiger partial charge in [-0.3, -0.25) is 4.79 Å². The monoisotopic (exact) mass is 110 g/mol. The Bertz CT molecular complexity index is 118. The van der Waals surface area contributed by atoms with Crippen LogP contribution in [0.2, 0.25) is 0 Å². The van der Waals surface area contributed by atoms with Crippen LogP contribution in [0.5, 0.6) is 0 Å². The molecule has 0 aromatic carbocycles. The van der Waals surface area contributed by atoms with Gasteiger partial charge in [-0.2, -0.15) is 0 Å². The summed E-state index contributed by atoms with van der Waals surface area (Å²) in [5.41, 5.74) is 5.10. The van der Waals surface area contributed by atoms with E-state index in [9.17, 15) is 4.79 Å². The summed E-state index contributed by atoms with van der Waals surface area (Å²) in [6.07, 6.45) is 2.45. The Kier molecular flexibility index (Phi) is 2.80. The summed E-state index contributed by atoms with van der Waals surface area (Å²) in [7, 11) is 0. The fourth-order valence-electron chi connectivity index (χ4n) is 0.218. The van der Waals surface area contributed by atoms with Crippen LogP contribution in [0.25, 0.3) is 0 Å². The molecule has 0 bridgehead atoms. The lowest BCUT2D eigenvalue weighted by molar-refractivity contribution is -0.112. The molecule has 0 saturated carbocycles. The van der Waals surface area contributed by atoms with Gasteiger partial charge in [0.2, 0.25) is 0 Å². The van der Waals surface area contributed by atoms with Gasteiger partial charge in [0.15, 0.2) is 5.78 Å². The first-order chi connectivity index (χ1) is 3.72. The van der Waals surface area contributed by atoms with Crippen molar-refractivity contribution in [1.29, 1.82) is 0 Å². The highest BCUT2D eigenvalue weighted by molar-refractivity contribution is 6.01. The Morgan fingerprint density at radius 1 is 1.38 bits per heavy atom. The van der Waals surface area contributed by atoms with Crippen molar-refractivity contribution in [3.8, 4) is 0 Å². The zero-order valence-corrected chi connectivity index (χ0v) is 4.55. The molecule has 0 amide bonds. The van der Waals surface area contributed by atoms with Gasteiger partial charge in [0.05, 0.1) is 0 Å². The molecule has 0 unspecified atom stereocenters. The van der Waals surface area contributed by atoms with E-state index in [-0.39, 0.29) is 11.8 Å². The van der Waals surface area contributed by atoms with Crippen LogP contribution in [-0.2, 0) is 4.79 Å². The molecule has 43 valence electrons. The van der Waals surface area contributed by atoms with Crippen LogP contribution in [0, 0.1) is 6.04 Å². The van der Waals surface area contributed by atoms with Crippen LogP contribution in [0.15, 0.2) is 25.3 Å². The smallest absolute Gasteiger partial charge is 0.181 e. The summed E-state index contributed by atoms with van der Waals surface area (Å²) in [6.45, 7) is 6.53. The van der Waals surface area contributed by atoms with E-state index in [0.29, 0.717) is 0 Å². The van der Waals surface area contributed by atoms with Gasteiger partial charge in [-0.05, 0) is 6.08 Å². The normalized spacial score (nSPS) is 8.75. The summed E-state index contributed by atoms with van der Waals surface area (Å²) in [5, 5.41) is 0. The van der Waals surface area contributed by atoms with Crippen molar-refractivity contribution in [3.63, 3.8) is 0 Å². The van der Waals surface area contributed by atoms with Gasteiger partial charge >= 0.3 is 0 Å². The molecule has 2 N–H and O–H groups in total. The first kappa shape index (κ1) is 7.11. The van der Waals surface area contributed by atoms with E-state index in [0.717, 1.165) is 6.08 Å². The number of rotatable bonds is 3. The molecule has 0 heterocycles. The lowest BCUT2D eigenvalue weighted by atomic mass is 10.2. The zero-order valence-electron chi connectivity index (χ0n) is 4.55. The topological polar surface area (TPSA) is 43.1 Å². The van der Waals surface area contributed by atoms with Crippen LogP contribution in [0.4, 0.5) is 0 Å². The van der Waals surface area contributed by atoms with Gasteiger partial charge in [0.1, 0.15) is 6.04 Å². The van der Waals surface area contributed by atoms with Crippen molar-refractivity contribution in [2.75, 3.05) is 0 Å². The lowest BCUT2D eigenvalue weighted by Gasteiger charge is -1.94. The van der Waals surface area contributed by atoms with Crippen LogP contribution in [0.3, 0.4) is 0 Å². The van der Waals surface area contributed by atoms with E-state index in [1.807, 2.05) is 0 Å². The van der Waals surface area contributed by atoms with Crippen molar-refractivity contribution >= 4 is 5.78 Å². The van der Waals surface area contributed by atoms with Gasteiger partial charge in [-0.15, -0.1) is 6.58 Å². The third-order valence-electron chi connectivity index (χ3n) is 0.690. The van der Waals surface area contributed by atoms with Crippen LogP contribution < -0.4 is 5.73 Å². The van der Waals surface area contributed by atoms with Crippen molar-refractivity contribution in [1.82, 2.24) is 0 Å². The van der Waals surface area contributed by atoms with E-state index < -0.39 is 0 Å². The lowest BCUT2D eigenvalue weighted by Crippen LogP contribution is -2.15. The molecule has 0 aliphatic rings. The largest absolute Gasteiger partial charge is 0.313 e. The molecule has 8 heavy (non-hydrogen) atoms. The predicted molar refractivity (Wildman–Crippen MR) is 32.8 cm³/mol. The number of ketones is 1. The molecule has 0 aliphatic carbocycles. The average molecular weight is 110 g/mol. The molecule has 0 spiro atoms. The number of hydrogen-bond donors (Lipinski definition) is 1. The molecule has 2 heteroatoms. The SMILES string of the molecule is C=C[C](N)C(=O)C=C. The standard InChI is InChI=1S/C6H8NO/c1-3-5(7)6(8)4-2/h3-4H,1-2,7H2. The second-order valence-corrected chi connectivity index (χ2v) is 1.23. The molecule has 0 fully saturated rings. The number of carbonyl (C=O) groups excluding carboxylic acids is 1. The molecule has 0 saturated heterocycles. The number of carbonyl (C=O) groups is 1. The number of hydrogen-bond acceptors (Lipinski definition) is 2. The highest BCUT2D eigenvalue weighted by Crippen LogP contribution is 1.91. The van der Waals surface area contributed by atoms with Crippen molar-refractivity contribution in [2.24, 2.45) is 5.73 Å². The molecule has 0 rings (SSSR count). The van der Waals surface area contributed by atoms with E-state index in [1.54, 1.807) is 0 Å². The summed E-state index contributed by atoms with van der Waals surface area (Å²) in [4.78, 5) is 10.4. The zero-order chi connectivity index (χ0) is 6.57.